The maximum atomic E-state index is 13.5. The molecule has 0 spiro atoms. The first-order valence-electron chi connectivity index (χ1n) is 10.8. The number of amides is 1. The van der Waals surface area contributed by atoms with E-state index >= 15 is 0 Å². The van der Waals surface area contributed by atoms with Gasteiger partial charge < -0.3 is 9.64 Å². The number of hydrogen-bond donors (Lipinski definition) is 0. The monoisotopic (exact) mass is 420 g/mol. The fourth-order valence-electron chi connectivity index (χ4n) is 4.06. The summed E-state index contributed by atoms with van der Waals surface area (Å²) < 4.78 is 5.60. The Balaban J connectivity index is 1.40. The lowest BCUT2D eigenvalue weighted by atomic mass is 10.0. The molecule has 32 heavy (non-hydrogen) atoms. The highest BCUT2D eigenvalue weighted by Gasteiger charge is 2.20. The van der Waals surface area contributed by atoms with Crippen molar-refractivity contribution in [1.29, 1.82) is 0 Å². The second-order valence-corrected chi connectivity index (χ2v) is 8.00. The van der Waals surface area contributed by atoms with Crippen molar-refractivity contribution in [3.05, 3.63) is 120 Å². The van der Waals surface area contributed by atoms with Gasteiger partial charge in [0.05, 0.1) is 6.61 Å². The Kier molecular flexibility index (Phi) is 5.67. The summed E-state index contributed by atoms with van der Waals surface area (Å²) in [6.07, 6.45) is 4.38. The van der Waals surface area contributed by atoms with Gasteiger partial charge in [-0.15, -0.1) is 0 Å². The van der Waals surface area contributed by atoms with Gasteiger partial charge in [-0.3, -0.25) is 9.78 Å². The van der Waals surface area contributed by atoms with Crippen molar-refractivity contribution >= 4 is 5.91 Å². The molecule has 2 heterocycles. The molecule has 3 aromatic carbocycles. The van der Waals surface area contributed by atoms with Crippen LogP contribution in [0.5, 0.6) is 5.75 Å². The molecule has 4 heteroatoms. The molecular formula is C28H24N2O2. The third kappa shape index (κ3) is 4.40. The molecule has 0 bridgehead atoms. The van der Waals surface area contributed by atoms with Gasteiger partial charge in [0.15, 0.2) is 0 Å². The van der Waals surface area contributed by atoms with Gasteiger partial charge in [0.25, 0.3) is 5.91 Å². The minimum absolute atomic E-state index is 0.0173. The number of fused-ring (bicyclic) bond motifs is 1. The van der Waals surface area contributed by atoms with E-state index in [0.29, 0.717) is 25.3 Å². The zero-order valence-electron chi connectivity index (χ0n) is 17.8. The van der Waals surface area contributed by atoms with Crippen LogP contribution in [0, 0.1) is 0 Å². The van der Waals surface area contributed by atoms with E-state index in [1.165, 1.54) is 11.1 Å². The smallest absolute Gasteiger partial charge is 0.254 e. The molecule has 0 fully saturated rings. The zero-order valence-corrected chi connectivity index (χ0v) is 17.8. The highest BCUT2D eigenvalue weighted by Crippen LogP contribution is 2.27. The van der Waals surface area contributed by atoms with E-state index in [2.05, 4.69) is 41.4 Å². The first-order chi connectivity index (χ1) is 15.8. The van der Waals surface area contributed by atoms with Crippen molar-refractivity contribution in [2.45, 2.75) is 19.5 Å². The molecule has 4 nitrogen and oxygen atoms in total. The molecule has 0 unspecified atom stereocenters. The molecule has 0 radical (unpaired) electrons. The molecule has 0 aliphatic carbocycles. The van der Waals surface area contributed by atoms with E-state index in [9.17, 15) is 4.79 Å². The van der Waals surface area contributed by atoms with Crippen LogP contribution in [-0.4, -0.2) is 22.4 Å². The molecule has 4 aromatic rings. The Morgan fingerprint density at radius 1 is 0.812 bits per heavy atom. The van der Waals surface area contributed by atoms with Crippen molar-refractivity contribution in [2.75, 3.05) is 6.61 Å². The number of rotatable bonds is 6. The van der Waals surface area contributed by atoms with Crippen LogP contribution in [0.2, 0.25) is 0 Å². The molecule has 0 N–H and O–H groups in total. The van der Waals surface area contributed by atoms with Crippen LogP contribution < -0.4 is 4.74 Å². The van der Waals surface area contributed by atoms with E-state index in [1.54, 1.807) is 12.4 Å². The number of pyridine rings is 1. The van der Waals surface area contributed by atoms with E-state index < -0.39 is 0 Å². The summed E-state index contributed by atoms with van der Waals surface area (Å²) in [5, 5.41) is 0. The highest BCUT2D eigenvalue weighted by molar-refractivity contribution is 5.94. The van der Waals surface area contributed by atoms with Gasteiger partial charge >= 0.3 is 0 Å². The van der Waals surface area contributed by atoms with Gasteiger partial charge in [-0.2, -0.15) is 0 Å². The summed E-state index contributed by atoms with van der Waals surface area (Å²) in [6, 6.07) is 28.4. The molecule has 158 valence electrons. The van der Waals surface area contributed by atoms with Gasteiger partial charge in [0.1, 0.15) is 5.75 Å². The predicted octanol–water partition coefficient (Wildman–Crippen LogP) is 5.53. The number of carbonyl (C=O) groups excluding carboxylic acids is 1. The van der Waals surface area contributed by atoms with Crippen molar-refractivity contribution in [1.82, 2.24) is 9.88 Å². The summed E-state index contributed by atoms with van der Waals surface area (Å²) in [5.74, 6) is 0.905. The maximum Gasteiger partial charge on any atom is 0.254 e. The van der Waals surface area contributed by atoms with Crippen LogP contribution in [0.1, 0.15) is 27.0 Å². The summed E-state index contributed by atoms with van der Waals surface area (Å²) in [6.45, 7) is 1.74. The molecule has 0 atom stereocenters. The highest BCUT2D eigenvalue weighted by atomic mass is 16.5. The van der Waals surface area contributed by atoms with Crippen molar-refractivity contribution in [3.63, 3.8) is 0 Å². The Morgan fingerprint density at radius 2 is 1.50 bits per heavy atom. The summed E-state index contributed by atoms with van der Waals surface area (Å²) in [7, 11) is 0. The standard InChI is InChI=1S/C28H24N2O2/c31-28(26-10-11-27-25(18-26)14-17-32-27)30(20-22-12-15-29-16-13-22)19-21-6-8-24(9-7-21)23-4-2-1-3-5-23/h1-13,15-16,18H,14,17,19-20H2. The summed E-state index contributed by atoms with van der Waals surface area (Å²) in [4.78, 5) is 19.5. The van der Waals surface area contributed by atoms with E-state index in [1.807, 2.05) is 53.4 Å². The van der Waals surface area contributed by atoms with E-state index in [4.69, 9.17) is 4.74 Å². The van der Waals surface area contributed by atoms with Crippen LogP contribution in [0.4, 0.5) is 0 Å². The number of nitrogens with zero attached hydrogens (tertiary/aromatic N) is 2. The molecule has 5 rings (SSSR count). The number of ether oxygens (including phenoxy) is 1. The van der Waals surface area contributed by atoms with Gasteiger partial charge in [-0.05, 0) is 58.1 Å². The second kappa shape index (κ2) is 9.06. The van der Waals surface area contributed by atoms with Crippen LogP contribution in [0.25, 0.3) is 11.1 Å². The Hall–Kier alpha value is -3.92. The minimum atomic E-state index is 0.0173. The number of carbonyl (C=O) groups is 1. The van der Waals surface area contributed by atoms with Crippen LogP contribution in [0.15, 0.2) is 97.3 Å². The molecule has 1 aromatic heterocycles. The third-order valence-corrected chi connectivity index (χ3v) is 5.78. The predicted molar refractivity (Wildman–Crippen MR) is 125 cm³/mol. The van der Waals surface area contributed by atoms with Crippen LogP contribution in [0.3, 0.4) is 0 Å². The average Bonchev–Trinajstić information content (AvgIpc) is 3.33. The molecular weight excluding hydrogens is 396 g/mol. The Morgan fingerprint density at radius 3 is 2.25 bits per heavy atom. The van der Waals surface area contributed by atoms with Crippen molar-refractivity contribution < 1.29 is 9.53 Å². The lowest BCUT2D eigenvalue weighted by molar-refractivity contribution is 0.0730. The number of hydrogen-bond acceptors (Lipinski definition) is 3. The zero-order chi connectivity index (χ0) is 21.8. The van der Waals surface area contributed by atoms with Crippen LogP contribution >= 0.6 is 0 Å². The first-order valence-corrected chi connectivity index (χ1v) is 10.8. The van der Waals surface area contributed by atoms with E-state index in [0.717, 1.165) is 28.9 Å². The largest absolute Gasteiger partial charge is 0.493 e. The lowest BCUT2D eigenvalue weighted by Crippen LogP contribution is -2.30. The van der Waals surface area contributed by atoms with Gasteiger partial charge in [-0.1, -0.05) is 54.6 Å². The Labute approximate surface area is 188 Å². The Bertz CT molecular complexity index is 1210. The van der Waals surface area contributed by atoms with Gasteiger partial charge in [0.2, 0.25) is 0 Å². The van der Waals surface area contributed by atoms with Crippen molar-refractivity contribution in [2.24, 2.45) is 0 Å². The molecule has 1 aliphatic heterocycles. The normalized spacial score (nSPS) is 12.1. The minimum Gasteiger partial charge on any atom is -0.493 e. The fraction of sp³-hybridized carbons (Fsp3) is 0.143. The molecule has 1 aliphatic rings. The first kappa shape index (κ1) is 20.0. The SMILES string of the molecule is O=C(c1ccc2c(c1)CCO2)N(Cc1ccncc1)Cc1ccc(-c2ccccc2)cc1. The topological polar surface area (TPSA) is 42.4 Å². The van der Waals surface area contributed by atoms with Gasteiger partial charge in [0, 0.05) is 37.5 Å². The molecule has 0 saturated carbocycles. The summed E-state index contributed by atoms with van der Waals surface area (Å²) >= 11 is 0. The number of benzene rings is 3. The third-order valence-electron chi connectivity index (χ3n) is 5.78. The lowest BCUT2D eigenvalue weighted by Gasteiger charge is -2.23. The summed E-state index contributed by atoms with van der Waals surface area (Å²) in [5.41, 5.74) is 6.30. The van der Waals surface area contributed by atoms with E-state index in [-0.39, 0.29) is 5.91 Å². The number of aromatic nitrogens is 1. The average molecular weight is 421 g/mol. The quantitative estimate of drug-likeness (QED) is 0.412. The molecule has 1 amide bonds. The second-order valence-electron chi connectivity index (χ2n) is 8.00. The molecule has 0 saturated heterocycles. The maximum absolute atomic E-state index is 13.5. The fourth-order valence-corrected chi connectivity index (χ4v) is 4.06. The van der Waals surface area contributed by atoms with Crippen LogP contribution in [-0.2, 0) is 19.5 Å². The van der Waals surface area contributed by atoms with Gasteiger partial charge in [-0.25, -0.2) is 0 Å². The van der Waals surface area contributed by atoms with Crippen molar-refractivity contribution in [3.8, 4) is 16.9 Å².